The van der Waals surface area contributed by atoms with Crippen molar-refractivity contribution in [3.8, 4) is 22.3 Å². The zero-order chi connectivity index (χ0) is 65.9. The molecule has 3 aliphatic rings. The molecule has 0 N–H and O–H groups in total. The van der Waals surface area contributed by atoms with Crippen molar-refractivity contribution in [2.45, 2.75) is 203 Å². The van der Waals surface area contributed by atoms with Crippen molar-refractivity contribution >= 4 is 95.0 Å². The van der Waals surface area contributed by atoms with E-state index >= 15 is 0 Å². The second-order valence-electron chi connectivity index (χ2n) is 34.1. The Hall–Kier alpha value is -7.60. The Morgan fingerprint density at radius 1 is 0.413 bits per heavy atom. The van der Waals surface area contributed by atoms with Gasteiger partial charge in [-0.05, 0) is 234 Å². The minimum absolute atomic E-state index is 0.000759. The molecule has 0 spiro atoms. The van der Waals surface area contributed by atoms with Crippen LogP contribution in [0.1, 0.15) is 200 Å². The number of benzene rings is 9. The van der Waals surface area contributed by atoms with Crippen LogP contribution in [0.3, 0.4) is 0 Å². The molecule has 0 amide bonds. The third kappa shape index (κ3) is 10.9. The maximum Gasteiger partial charge on any atom is 0.264 e. The maximum absolute atomic E-state index is 2.74. The van der Waals surface area contributed by atoms with E-state index in [1.807, 2.05) is 11.3 Å². The number of anilines is 9. The lowest BCUT2D eigenvalue weighted by Crippen LogP contribution is -2.60. The summed E-state index contributed by atoms with van der Waals surface area (Å²) in [6.07, 6.45) is 2.31. The highest BCUT2D eigenvalue weighted by Crippen LogP contribution is 2.55. The Kier molecular flexibility index (Phi) is 14.9. The molecule has 0 atom stereocenters. The molecule has 2 aliphatic heterocycles. The van der Waals surface area contributed by atoms with Gasteiger partial charge >= 0.3 is 0 Å². The van der Waals surface area contributed by atoms with E-state index in [1.165, 1.54) is 139 Å². The van der Waals surface area contributed by atoms with Crippen LogP contribution in [-0.2, 0) is 37.9 Å². The molecule has 5 heteroatoms. The van der Waals surface area contributed by atoms with Crippen LogP contribution in [-0.4, -0.2) is 6.71 Å². The molecule has 3 heterocycles. The molecule has 10 aromatic rings. The van der Waals surface area contributed by atoms with Gasteiger partial charge in [0.15, 0.2) is 0 Å². The number of hydrogen-bond acceptors (Lipinski definition) is 4. The predicted molar refractivity (Wildman–Crippen MR) is 404 cm³/mol. The fourth-order valence-electron chi connectivity index (χ4n) is 15.3. The smallest absolute Gasteiger partial charge is 0.264 e. The molecule has 470 valence electrons. The molecule has 1 aliphatic carbocycles. The first-order valence-corrected chi connectivity index (χ1v) is 34.8. The standard InChI is InChI=1S/C87H98BN3S/c1-53-45-54(2)77(55(3)46-53)57-47-74-78-75(48-57)91(72-41-31-61(84(13,14)15)49-67(72)56-23-25-58(26-24-56)81(4,5)6)73-52-66(89(63-33-27-59(28-34-63)82(7,8)9)64-35-29-60(30-36-64)83(10,11)12)38-40-71(73)88(78)80-79(68-50-62(85(16,17)18)32-42-76(68)92-80)90(74)65-37-39-69-70(51-65)87(21,22)44-43-86(69,19)20/h23-42,45-52H,43-44H2,1-22H3. The van der Waals surface area contributed by atoms with Gasteiger partial charge in [-0.2, -0.15) is 0 Å². The van der Waals surface area contributed by atoms with Crippen LogP contribution < -0.4 is 30.4 Å². The first-order valence-electron chi connectivity index (χ1n) is 34.0. The molecule has 92 heavy (non-hydrogen) atoms. The minimum atomic E-state index is -0.106. The number of fused-ring (bicyclic) bond motifs is 7. The van der Waals surface area contributed by atoms with Gasteiger partial charge in [0.1, 0.15) is 0 Å². The molecule has 3 nitrogen and oxygen atoms in total. The van der Waals surface area contributed by atoms with Gasteiger partial charge in [-0.1, -0.05) is 222 Å². The van der Waals surface area contributed by atoms with Crippen molar-refractivity contribution in [1.29, 1.82) is 0 Å². The van der Waals surface area contributed by atoms with Gasteiger partial charge in [0, 0.05) is 60.2 Å². The summed E-state index contributed by atoms with van der Waals surface area (Å²) in [5.74, 6) is 0. The molecular formula is C87H98BN3S. The molecule has 0 fully saturated rings. The van der Waals surface area contributed by atoms with E-state index in [1.54, 1.807) is 0 Å². The van der Waals surface area contributed by atoms with Crippen LogP contribution in [0.15, 0.2) is 170 Å². The van der Waals surface area contributed by atoms with E-state index in [0.29, 0.717) is 0 Å². The van der Waals surface area contributed by atoms with E-state index in [4.69, 9.17) is 0 Å². The highest BCUT2D eigenvalue weighted by molar-refractivity contribution is 7.33. The second-order valence-corrected chi connectivity index (χ2v) is 35.1. The molecule has 0 unspecified atom stereocenters. The maximum atomic E-state index is 2.74. The third-order valence-electron chi connectivity index (χ3n) is 21.0. The van der Waals surface area contributed by atoms with E-state index in [-0.39, 0.29) is 44.6 Å². The van der Waals surface area contributed by atoms with Gasteiger partial charge in [0.2, 0.25) is 0 Å². The third-order valence-corrected chi connectivity index (χ3v) is 22.2. The summed E-state index contributed by atoms with van der Waals surface area (Å²) in [5, 5.41) is 1.32. The SMILES string of the molecule is Cc1cc(C)c(-c2cc3c4c(c2)N(c2ccc5c(c2)C(C)(C)CCC5(C)C)c2c(sc5ccc(C(C)(C)C)cc25)B4c2ccc(N(c4ccc(C(C)(C)C)cc4)c4ccc(C(C)(C)C)cc4)cc2N3c2ccc(C(C)(C)C)cc2-c2ccc(C(C)(C)C)cc2)c(C)c1. The lowest BCUT2D eigenvalue weighted by molar-refractivity contribution is 0.332. The molecule has 9 aromatic carbocycles. The van der Waals surface area contributed by atoms with E-state index in [2.05, 4.69) is 337 Å². The summed E-state index contributed by atoms with van der Waals surface area (Å²) >= 11 is 2.00. The van der Waals surface area contributed by atoms with Gasteiger partial charge in [0.25, 0.3) is 6.71 Å². The lowest BCUT2D eigenvalue weighted by atomic mass is 9.36. The Morgan fingerprint density at radius 3 is 1.43 bits per heavy atom. The number of thiophene rings is 1. The normalized spacial score (nSPS) is 15.3. The number of rotatable bonds is 7. The topological polar surface area (TPSA) is 9.72 Å². The van der Waals surface area contributed by atoms with Crippen molar-refractivity contribution in [3.63, 3.8) is 0 Å². The van der Waals surface area contributed by atoms with E-state index in [9.17, 15) is 0 Å². The Balaban J connectivity index is 1.19. The van der Waals surface area contributed by atoms with E-state index in [0.717, 1.165) is 29.2 Å². The zero-order valence-electron chi connectivity index (χ0n) is 59.4. The molecule has 13 rings (SSSR count). The number of nitrogens with zero attached hydrogens (tertiary/aromatic N) is 3. The predicted octanol–water partition coefficient (Wildman–Crippen LogP) is 23.5. The van der Waals surface area contributed by atoms with Crippen LogP contribution in [0.5, 0.6) is 0 Å². The van der Waals surface area contributed by atoms with Gasteiger partial charge in [-0.25, -0.2) is 0 Å². The highest BCUT2D eigenvalue weighted by Gasteiger charge is 2.47. The van der Waals surface area contributed by atoms with Crippen LogP contribution >= 0.6 is 11.3 Å². The summed E-state index contributed by atoms with van der Waals surface area (Å²) in [7, 11) is 0. The number of aryl methyl sites for hydroxylation is 3. The second kappa shape index (κ2) is 21.7. The van der Waals surface area contributed by atoms with Crippen molar-refractivity contribution in [3.05, 3.63) is 225 Å². The first kappa shape index (κ1) is 63.2. The quantitative estimate of drug-likeness (QED) is 0.147. The molecule has 0 radical (unpaired) electrons. The van der Waals surface area contributed by atoms with Crippen molar-refractivity contribution in [2.24, 2.45) is 0 Å². The summed E-state index contributed by atoms with van der Waals surface area (Å²) < 4.78 is 2.70. The fraction of sp³-hybridized carbons (Fsp3) is 0.356. The van der Waals surface area contributed by atoms with Crippen LogP contribution in [0.25, 0.3) is 32.3 Å². The Morgan fingerprint density at radius 2 is 0.891 bits per heavy atom. The zero-order valence-corrected chi connectivity index (χ0v) is 60.2. The van der Waals surface area contributed by atoms with Gasteiger partial charge in [-0.15, -0.1) is 11.3 Å². The summed E-state index contributed by atoms with van der Waals surface area (Å²) in [6.45, 7) is 51.7. The summed E-state index contributed by atoms with van der Waals surface area (Å²) in [5.41, 5.74) is 31.5. The summed E-state index contributed by atoms with van der Waals surface area (Å²) in [4.78, 5) is 7.96. The Bertz CT molecular complexity index is 4470. The molecule has 0 saturated heterocycles. The Labute approximate surface area is 557 Å². The molecular weight excluding hydrogens is 1130 g/mol. The van der Waals surface area contributed by atoms with Gasteiger partial charge in [0.05, 0.1) is 11.4 Å². The minimum Gasteiger partial charge on any atom is -0.311 e. The summed E-state index contributed by atoms with van der Waals surface area (Å²) in [6, 6.07) is 68.1. The average Bonchev–Trinajstić information content (AvgIpc) is 1.21. The number of hydrogen-bond donors (Lipinski definition) is 0. The highest BCUT2D eigenvalue weighted by atomic mass is 32.1. The van der Waals surface area contributed by atoms with Gasteiger partial charge in [-0.3, -0.25) is 0 Å². The molecule has 1 aromatic heterocycles. The van der Waals surface area contributed by atoms with E-state index < -0.39 is 0 Å². The van der Waals surface area contributed by atoms with Crippen LogP contribution in [0.4, 0.5) is 51.2 Å². The molecule has 0 bridgehead atoms. The largest absolute Gasteiger partial charge is 0.311 e. The lowest BCUT2D eigenvalue weighted by Gasteiger charge is -2.45. The average molecular weight is 1230 g/mol. The fourth-order valence-corrected chi connectivity index (χ4v) is 16.6. The van der Waals surface area contributed by atoms with Crippen molar-refractivity contribution in [2.75, 3.05) is 14.7 Å². The van der Waals surface area contributed by atoms with Gasteiger partial charge < -0.3 is 14.7 Å². The van der Waals surface area contributed by atoms with Crippen molar-refractivity contribution < 1.29 is 0 Å². The first-order chi connectivity index (χ1) is 43.0. The van der Waals surface area contributed by atoms with Crippen LogP contribution in [0, 0.1) is 20.8 Å². The van der Waals surface area contributed by atoms with Crippen LogP contribution in [0.2, 0.25) is 0 Å². The monoisotopic (exact) mass is 1230 g/mol. The molecule has 0 saturated carbocycles. The van der Waals surface area contributed by atoms with Crippen molar-refractivity contribution in [1.82, 2.24) is 0 Å².